The highest BCUT2D eigenvalue weighted by Gasteiger charge is 2.28. The van der Waals surface area contributed by atoms with Crippen LogP contribution in [0, 0.1) is 5.92 Å². The zero-order valence-corrected chi connectivity index (χ0v) is 12.3. The van der Waals surface area contributed by atoms with Gasteiger partial charge in [-0.1, -0.05) is 33.6 Å². The SMILES string of the molecule is CC1CC(CN)CN1Cc1ccc(Br)cc1Cl. The molecule has 2 atom stereocenters. The highest BCUT2D eigenvalue weighted by atomic mass is 79.9. The second kappa shape index (κ2) is 5.70. The molecule has 2 N–H and O–H groups in total. The third-order valence-electron chi connectivity index (χ3n) is 3.51. The van der Waals surface area contributed by atoms with Crippen molar-refractivity contribution in [3.8, 4) is 0 Å². The minimum atomic E-state index is 0.600. The molecule has 1 heterocycles. The molecule has 2 nitrogen and oxygen atoms in total. The van der Waals surface area contributed by atoms with Crippen molar-refractivity contribution in [2.75, 3.05) is 13.1 Å². The largest absolute Gasteiger partial charge is 0.330 e. The Morgan fingerprint density at radius 2 is 2.29 bits per heavy atom. The Balaban J connectivity index is 2.06. The number of nitrogens with two attached hydrogens (primary N) is 1. The molecule has 17 heavy (non-hydrogen) atoms. The van der Waals surface area contributed by atoms with Crippen LogP contribution in [0.3, 0.4) is 0 Å². The van der Waals surface area contributed by atoms with Gasteiger partial charge in [-0.05, 0) is 43.5 Å². The molecule has 1 aromatic rings. The van der Waals surface area contributed by atoms with Crippen LogP contribution in [0.25, 0.3) is 0 Å². The Kier molecular flexibility index (Phi) is 4.47. The minimum absolute atomic E-state index is 0.600. The molecule has 1 fully saturated rings. The van der Waals surface area contributed by atoms with Crippen molar-refractivity contribution in [3.63, 3.8) is 0 Å². The summed E-state index contributed by atoms with van der Waals surface area (Å²) in [7, 11) is 0. The zero-order chi connectivity index (χ0) is 12.4. The van der Waals surface area contributed by atoms with Crippen molar-refractivity contribution >= 4 is 27.5 Å². The molecule has 1 aromatic carbocycles. The summed E-state index contributed by atoms with van der Waals surface area (Å²) in [6.45, 7) is 5.06. The van der Waals surface area contributed by atoms with Gasteiger partial charge in [0.1, 0.15) is 0 Å². The fourth-order valence-corrected chi connectivity index (χ4v) is 3.21. The van der Waals surface area contributed by atoms with Gasteiger partial charge in [-0.25, -0.2) is 0 Å². The van der Waals surface area contributed by atoms with E-state index in [4.69, 9.17) is 17.3 Å². The van der Waals surface area contributed by atoms with Crippen LogP contribution in [-0.2, 0) is 6.54 Å². The molecule has 2 unspecified atom stereocenters. The van der Waals surface area contributed by atoms with Gasteiger partial charge >= 0.3 is 0 Å². The van der Waals surface area contributed by atoms with E-state index in [0.717, 1.165) is 29.1 Å². The lowest BCUT2D eigenvalue weighted by atomic mass is 10.1. The molecule has 94 valence electrons. The van der Waals surface area contributed by atoms with Crippen LogP contribution in [0.5, 0.6) is 0 Å². The molecule has 0 aliphatic carbocycles. The Bertz CT molecular complexity index is 397. The summed E-state index contributed by atoms with van der Waals surface area (Å²) in [5, 5.41) is 0.836. The third-order valence-corrected chi connectivity index (χ3v) is 4.36. The number of rotatable bonds is 3. The molecule has 0 saturated carbocycles. The molecular weight excluding hydrogens is 300 g/mol. The molecule has 0 spiro atoms. The smallest absolute Gasteiger partial charge is 0.0462 e. The standard InChI is InChI=1S/C13H18BrClN2/c1-9-4-10(6-16)7-17(9)8-11-2-3-12(14)5-13(11)15/h2-3,5,9-10H,4,6-8,16H2,1H3. The molecule has 4 heteroatoms. The number of likely N-dealkylation sites (tertiary alicyclic amines) is 1. The van der Waals surface area contributed by atoms with Crippen molar-refractivity contribution < 1.29 is 0 Å². The maximum absolute atomic E-state index is 6.24. The second-order valence-corrected chi connectivity index (χ2v) is 6.17. The van der Waals surface area contributed by atoms with Crippen LogP contribution in [0.15, 0.2) is 22.7 Å². The van der Waals surface area contributed by atoms with E-state index >= 15 is 0 Å². The van der Waals surface area contributed by atoms with Gasteiger partial charge in [0.05, 0.1) is 0 Å². The molecule has 1 saturated heterocycles. The molecule has 1 aliphatic heterocycles. The highest BCUT2D eigenvalue weighted by molar-refractivity contribution is 9.10. The predicted molar refractivity (Wildman–Crippen MR) is 76.2 cm³/mol. The monoisotopic (exact) mass is 316 g/mol. The number of hydrogen-bond acceptors (Lipinski definition) is 2. The lowest BCUT2D eigenvalue weighted by Crippen LogP contribution is -2.27. The summed E-state index contributed by atoms with van der Waals surface area (Å²) < 4.78 is 1.03. The van der Waals surface area contributed by atoms with E-state index in [-0.39, 0.29) is 0 Å². The normalized spacial score (nSPS) is 25.4. The first-order valence-electron chi connectivity index (χ1n) is 5.98. The highest BCUT2D eigenvalue weighted by Crippen LogP contribution is 2.27. The molecule has 0 radical (unpaired) electrons. The number of hydrogen-bond donors (Lipinski definition) is 1. The second-order valence-electron chi connectivity index (χ2n) is 4.85. The summed E-state index contributed by atoms with van der Waals surface area (Å²) in [6.07, 6.45) is 1.20. The average Bonchev–Trinajstić information content (AvgIpc) is 2.64. The molecule has 1 aliphatic rings. The first-order chi connectivity index (χ1) is 8.10. The molecule has 0 aromatic heterocycles. The van der Waals surface area contributed by atoms with E-state index in [1.807, 2.05) is 12.1 Å². The summed E-state index contributed by atoms with van der Waals surface area (Å²) in [5.74, 6) is 0.638. The summed E-state index contributed by atoms with van der Waals surface area (Å²) >= 11 is 9.67. The lowest BCUT2D eigenvalue weighted by Gasteiger charge is -2.21. The number of halogens is 2. The van der Waals surface area contributed by atoms with Crippen LogP contribution in [0.1, 0.15) is 18.9 Å². The van der Waals surface area contributed by atoms with Crippen molar-refractivity contribution in [1.82, 2.24) is 4.90 Å². The minimum Gasteiger partial charge on any atom is -0.330 e. The predicted octanol–water partition coefficient (Wildman–Crippen LogP) is 3.27. The summed E-state index contributed by atoms with van der Waals surface area (Å²) in [5.41, 5.74) is 6.94. The quantitative estimate of drug-likeness (QED) is 0.927. The van der Waals surface area contributed by atoms with Gasteiger partial charge in [-0.3, -0.25) is 4.90 Å². The van der Waals surface area contributed by atoms with Crippen LogP contribution in [0.2, 0.25) is 5.02 Å². The van der Waals surface area contributed by atoms with E-state index in [2.05, 4.69) is 33.8 Å². The number of benzene rings is 1. The van der Waals surface area contributed by atoms with E-state index in [9.17, 15) is 0 Å². The van der Waals surface area contributed by atoms with Crippen molar-refractivity contribution in [1.29, 1.82) is 0 Å². The lowest BCUT2D eigenvalue weighted by molar-refractivity contribution is 0.256. The molecule has 2 rings (SSSR count). The van der Waals surface area contributed by atoms with Gasteiger partial charge in [0.25, 0.3) is 0 Å². The first kappa shape index (κ1) is 13.3. The maximum Gasteiger partial charge on any atom is 0.0462 e. The molecular formula is C13H18BrClN2. The van der Waals surface area contributed by atoms with Crippen LogP contribution >= 0.6 is 27.5 Å². The fraction of sp³-hybridized carbons (Fsp3) is 0.538. The Labute approximate surface area is 116 Å². The van der Waals surface area contributed by atoms with Crippen LogP contribution in [0.4, 0.5) is 0 Å². The van der Waals surface area contributed by atoms with Crippen molar-refractivity contribution in [3.05, 3.63) is 33.3 Å². The first-order valence-corrected chi connectivity index (χ1v) is 7.15. The van der Waals surface area contributed by atoms with E-state index in [1.165, 1.54) is 12.0 Å². The summed E-state index contributed by atoms with van der Waals surface area (Å²) in [6, 6.07) is 6.69. The van der Waals surface area contributed by atoms with Crippen LogP contribution in [-0.4, -0.2) is 24.0 Å². The molecule has 0 amide bonds. The topological polar surface area (TPSA) is 29.3 Å². The van der Waals surface area contributed by atoms with E-state index in [1.54, 1.807) is 0 Å². The fourth-order valence-electron chi connectivity index (χ4n) is 2.48. The van der Waals surface area contributed by atoms with E-state index < -0.39 is 0 Å². The van der Waals surface area contributed by atoms with Gasteiger partial charge in [0, 0.05) is 28.6 Å². The van der Waals surface area contributed by atoms with Crippen molar-refractivity contribution in [2.45, 2.75) is 25.9 Å². The van der Waals surface area contributed by atoms with Gasteiger partial charge in [0.15, 0.2) is 0 Å². The average molecular weight is 318 g/mol. The summed E-state index contributed by atoms with van der Waals surface area (Å²) in [4.78, 5) is 2.46. The van der Waals surface area contributed by atoms with Gasteiger partial charge in [-0.2, -0.15) is 0 Å². The van der Waals surface area contributed by atoms with Crippen LogP contribution < -0.4 is 5.73 Å². The Hall–Kier alpha value is -0.0900. The zero-order valence-electron chi connectivity index (χ0n) is 10.00. The maximum atomic E-state index is 6.24. The van der Waals surface area contributed by atoms with Gasteiger partial charge < -0.3 is 5.73 Å². The Morgan fingerprint density at radius 3 is 2.88 bits per heavy atom. The third kappa shape index (κ3) is 3.22. The molecule has 0 bridgehead atoms. The van der Waals surface area contributed by atoms with Gasteiger partial charge in [0.2, 0.25) is 0 Å². The Morgan fingerprint density at radius 1 is 1.53 bits per heavy atom. The number of nitrogens with zero attached hydrogens (tertiary/aromatic N) is 1. The van der Waals surface area contributed by atoms with E-state index in [0.29, 0.717) is 12.0 Å². The van der Waals surface area contributed by atoms with Gasteiger partial charge in [-0.15, -0.1) is 0 Å². The van der Waals surface area contributed by atoms with Crippen molar-refractivity contribution in [2.24, 2.45) is 11.7 Å².